The Morgan fingerprint density at radius 3 is 2.67 bits per heavy atom. The third kappa shape index (κ3) is 4.26. The van der Waals surface area contributed by atoms with Gasteiger partial charge in [-0.2, -0.15) is 0 Å². The summed E-state index contributed by atoms with van der Waals surface area (Å²) in [6.07, 6.45) is 0.629. The van der Waals surface area contributed by atoms with Gasteiger partial charge in [-0.1, -0.05) is 5.57 Å². The van der Waals surface area contributed by atoms with Gasteiger partial charge in [0, 0.05) is 23.2 Å². The average Bonchev–Trinajstić information content (AvgIpc) is 2.20. The van der Waals surface area contributed by atoms with E-state index in [9.17, 15) is 12.8 Å². The molecule has 0 radical (unpaired) electrons. The van der Waals surface area contributed by atoms with E-state index >= 15 is 0 Å². The molecule has 0 amide bonds. The molecule has 1 rings (SSSR count). The Morgan fingerprint density at radius 1 is 1.56 bits per heavy atom. The van der Waals surface area contributed by atoms with E-state index in [-0.39, 0.29) is 5.75 Å². The molecular formula is C11H11BrClFO3S. The second kappa shape index (κ2) is 6.04. The molecule has 100 valence electrons. The predicted octanol–water partition coefficient (Wildman–Crippen LogP) is 3.86. The first-order valence-electron chi connectivity index (χ1n) is 4.92. The van der Waals surface area contributed by atoms with Crippen molar-refractivity contribution in [2.24, 2.45) is 0 Å². The van der Waals surface area contributed by atoms with E-state index in [0.717, 1.165) is 17.7 Å². The highest BCUT2D eigenvalue weighted by Crippen LogP contribution is 2.31. The molecule has 0 aliphatic rings. The first-order chi connectivity index (χ1) is 8.21. The van der Waals surface area contributed by atoms with Gasteiger partial charge in [0.05, 0.1) is 11.1 Å². The Hall–Kier alpha value is -0.590. The molecule has 1 aromatic carbocycles. The van der Waals surface area contributed by atoms with Crippen LogP contribution in [0.2, 0.25) is 0 Å². The second-order valence-corrected chi connectivity index (χ2v) is 7.10. The Morgan fingerprint density at radius 2 is 2.17 bits per heavy atom. The van der Waals surface area contributed by atoms with E-state index in [2.05, 4.69) is 22.5 Å². The van der Waals surface area contributed by atoms with Gasteiger partial charge in [0.15, 0.2) is 0 Å². The molecule has 1 aromatic rings. The lowest BCUT2D eigenvalue weighted by molar-refractivity contribution is 0.317. The van der Waals surface area contributed by atoms with Crippen LogP contribution in [0.5, 0.6) is 5.75 Å². The zero-order chi connectivity index (χ0) is 13.9. The molecule has 0 saturated heterocycles. The fraction of sp³-hybridized carbons (Fsp3) is 0.273. The summed E-state index contributed by atoms with van der Waals surface area (Å²) < 4.78 is 41.3. The van der Waals surface area contributed by atoms with Gasteiger partial charge < -0.3 is 4.74 Å². The van der Waals surface area contributed by atoms with Crippen LogP contribution in [0.3, 0.4) is 0 Å². The van der Waals surface area contributed by atoms with Crippen LogP contribution < -0.4 is 4.74 Å². The molecule has 0 atom stereocenters. The van der Waals surface area contributed by atoms with Crippen molar-refractivity contribution in [3.05, 3.63) is 34.6 Å². The van der Waals surface area contributed by atoms with Gasteiger partial charge >= 0.3 is 0 Å². The fourth-order valence-electron chi connectivity index (χ4n) is 1.14. The summed E-state index contributed by atoms with van der Waals surface area (Å²) >= 11 is 3.10. The van der Waals surface area contributed by atoms with Crippen LogP contribution >= 0.6 is 26.6 Å². The number of benzene rings is 1. The average molecular weight is 358 g/mol. The monoisotopic (exact) mass is 356 g/mol. The van der Waals surface area contributed by atoms with Crippen LogP contribution in [0.25, 0.3) is 0 Å². The number of halogens is 3. The van der Waals surface area contributed by atoms with Crippen molar-refractivity contribution in [3.8, 4) is 5.75 Å². The Bertz CT molecular complexity index is 572. The third-order valence-electron chi connectivity index (χ3n) is 2.04. The lowest BCUT2D eigenvalue weighted by atomic mass is 10.2. The zero-order valence-electron chi connectivity index (χ0n) is 9.54. The second-order valence-electron chi connectivity index (χ2n) is 3.71. The van der Waals surface area contributed by atoms with Gasteiger partial charge in [0.1, 0.15) is 16.5 Å². The smallest absolute Gasteiger partial charge is 0.264 e. The van der Waals surface area contributed by atoms with Crippen LogP contribution in [0.15, 0.2) is 33.7 Å². The highest BCUT2D eigenvalue weighted by Gasteiger charge is 2.19. The predicted molar refractivity (Wildman–Crippen MR) is 72.1 cm³/mol. The summed E-state index contributed by atoms with van der Waals surface area (Å²) in [4.78, 5) is -0.580. The molecule has 0 N–H and O–H groups in total. The van der Waals surface area contributed by atoms with Crippen LogP contribution in [0.4, 0.5) is 4.39 Å². The lowest BCUT2D eigenvalue weighted by Crippen LogP contribution is -2.01. The van der Waals surface area contributed by atoms with Gasteiger partial charge in [-0.25, -0.2) is 12.8 Å². The van der Waals surface area contributed by atoms with E-state index in [0.29, 0.717) is 17.5 Å². The molecule has 0 spiro atoms. The van der Waals surface area contributed by atoms with Gasteiger partial charge in [0.25, 0.3) is 9.05 Å². The van der Waals surface area contributed by atoms with E-state index < -0.39 is 19.8 Å². The third-order valence-corrected chi connectivity index (χ3v) is 3.99. The number of hydrogen-bond acceptors (Lipinski definition) is 3. The summed E-state index contributed by atoms with van der Waals surface area (Å²) in [5, 5.41) is 0. The summed E-state index contributed by atoms with van der Waals surface area (Å²) in [6, 6.07) is 2.06. The lowest BCUT2D eigenvalue weighted by Gasteiger charge is -2.09. The van der Waals surface area contributed by atoms with Crippen molar-refractivity contribution in [2.45, 2.75) is 18.2 Å². The van der Waals surface area contributed by atoms with Crippen molar-refractivity contribution < 1.29 is 17.5 Å². The van der Waals surface area contributed by atoms with E-state index in [1.165, 1.54) is 0 Å². The Balaban J connectivity index is 2.97. The first-order valence-corrected chi connectivity index (χ1v) is 8.03. The highest BCUT2D eigenvalue weighted by molar-refractivity contribution is 9.10. The molecule has 0 saturated carbocycles. The quantitative estimate of drug-likeness (QED) is 0.593. The molecule has 0 aliphatic carbocycles. The van der Waals surface area contributed by atoms with Gasteiger partial charge in [-0.05, 0) is 28.9 Å². The van der Waals surface area contributed by atoms with E-state index in [4.69, 9.17) is 15.4 Å². The van der Waals surface area contributed by atoms with E-state index in [1.807, 2.05) is 6.92 Å². The maximum atomic E-state index is 13.5. The maximum Gasteiger partial charge on any atom is 0.264 e. The van der Waals surface area contributed by atoms with E-state index in [1.54, 1.807) is 0 Å². The summed E-state index contributed by atoms with van der Waals surface area (Å²) in [5.74, 6) is -0.726. The van der Waals surface area contributed by atoms with Gasteiger partial charge in [-0.15, -0.1) is 6.58 Å². The van der Waals surface area contributed by atoms with Crippen molar-refractivity contribution in [1.82, 2.24) is 0 Å². The van der Waals surface area contributed by atoms with Crippen LogP contribution in [-0.2, 0) is 9.05 Å². The van der Waals surface area contributed by atoms with Gasteiger partial charge in [-0.3, -0.25) is 0 Å². The maximum absolute atomic E-state index is 13.5. The normalized spacial score (nSPS) is 11.3. The summed E-state index contributed by atoms with van der Waals surface area (Å²) in [7, 11) is 0.984. The molecule has 0 aliphatic heterocycles. The molecule has 0 fully saturated rings. The zero-order valence-corrected chi connectivity index (χ0v) is 12.7. The molecule has 3 nitrogen and oxygen atoms in total. The first kappa shape index (κ1) is 15.5. The topological polar surface area (TPSA) is 43.4 Å². The van der Waals surface area contributed by atoms with Crippen molar-refractivity contribution in [2.75, 3.05) is 6.61 Å². The van der Waals surface area contributed by atoms with Crippen molar-refractivity contribution in [1.29, 1.82) is 0 Å². The van der Waals surface area contributed by atoms with Crippen molar-refractivity contribution in [3.63, 3.8) is 0 Å². The molecule has 7 heteroatoms. The van der Waals surface area contributed by atoms with Crippen LogP contribution in [0.1, 0.15) is 13.3 Å². The highest BCUT2D eigenvalue weighted by atomic mass is 79.9. The largest absolute Gasteiger partial charge is 0.492 e. The fourth-order valence-corrected chi connectivity index (χ4v) is 2.66. The minimum Gasteiger partial charge on any atom is -0.492 e. The Labute approximate surface area is 118 Å². The molecule has 18 heavy (non-hydrogen) atoms. The summed E-state index contributed by atoms with van der Waals surface area (Å²) in [6.45, 7) is 5.89. The molecular weight excluding hydrogens is 347 g/mol. The molecule has 0 heterocycles. The number of rotatable bonds is 5. The minimum atomic E-state index is -4.11. The van der Waals surface area contributed by atoms with Gasteiger partial charge in [0.2, 0.25) is 0 Å². The minimum absolute atomic E-state index is 0.220. The molecule has 0 unspecified atom stereocenters. The Kier molecular flexibility index (Phi) is 5.19. The molecule has 0 aromatic heterocycles. The summed E-state index contributed by atoms with van der Waals surface area (Å²) in [5.41, 5.74) is 0.937. The SMILES string of the molecule is C=C(C)CCOc1cc(F)c(S(=O)(=O)Cl)cc1Br. The standard InChI is InChI=1S/C11H11BrClFO3S/c1-7(2)3-4-17-10-6-9(14)11(5-8(10)12)18(13,15)16/h5-6H,1,3-4H2,2H3. The number of ether oxygens (including phenoxy) is 1. The van der Waals surface area contributed by atoms with Crippen LogP contribution in [0, 0.1) is 5.82 Å². The molecule has 0 bridgehead atoms. The van der Waals surface area contributed by atoms with Crippen molar-refractivity contribution >= 4 is 35.7 Å². The van der Waals surface area contributed by atoms with Crippen LogP contribution in [-0.4, -0.2) is 15.0 Å². The number of hydrogen-bond donors (Lipinski definition) is 0.